The first kappa shape index (κ1) is 8.05. The Morgan fingerprint density at radius 1 is 1.64 bits per heavy atom. The number of aryl methyl sites for hydroxylation is 1. The first-order valence-corrected chi connectivity index (χ1v) is 3.99. The summed E-state index contributed by atoms with van der Waals surface area (Å²) in [4.78, 5) is 4.22. The number of hydrogen-bond donors (Lipinski definition) is 0. The Morgan fingerprint density at radius 3 is 3.09 bits per heavy atom. The maximum atomic E-state index is 4.22. The molecule has 0 fully saturated rings. The lowest BCUT2D eigenvalue weighted by molar-refractivity contribution is 0.747. The number of hydrogen-bond acceptors (Lipinski definition) is 1. The van der Waals surface area contributed by atoms with E-state index in [0.717, 1.165) is 18.8 Å². The molecule has 1 aromatic heterocycles. The summed E-state index contributed by atoms with van der Waals surface area (Å²) < 4.78 is 2.15. The summed E-state index contributed by atoms with van der Waals surface area (Å²) in [5, 5.41) is 0. The van der Waals surface area contributed by atoms with E-state index in [-0.39, 0.29) is 0 Å². The predicted molar refractivity (Wildman–Crippen MR) is 46.4 cm³/mol. The Kier molecular flexibility index (Phi) is 2.90. The summed E-state index contributed by atoms with van der Waals surface area (Å²) in [6.07, 6.45) is 9.05. The van der Waals surface area contributed by atoms with Crippen LogP contribution in [0.2, 0.25) is 0 Å². The molecular formula is C9H14N2. The lowest BCUT2D eigenvalue weighted by Gasteiger charge is -2.00. The van der Waals surface area contributed by atoms with Gasteiger partial charge in [-0.05, 0) is 6.92 Å². The molecule has 0 spiro atoms. The van der Waals surface area contributed by atoms with Crippen LogP contribution in [0.1, 0.15) is 19.7 Å². The van der Waals surface area contributed by atoms with E-state index in [0.29, 0.717) is 0 Å². The van der Waals surface area contributed by atoms with Gasteiger partial charge in [0, 0.05) is 25.4 Å². The van der Waals surface area contributed by atoms with Crippen molar-refractivity contribution in [3.8, 4) is 0 Å². The van der Waals surface area contributed by atoms with Gasteiger partial charge >= 0.3 is 0 Å². The third kappa shape index (κ3) is 1.93. The molecule has 0 N–H and O–H groups in total. The minimum atomic E-state index is 0.944. The highest BCUT2D eigenvalue weighted by Gasteiger charge is 1.95. The number of rotatable bonds is 3. The molecule has 11 heavy (non-hydrogen) atoms. The minimum Gasteiger partial charge on any atom is -0.331 e. The van der Waals surface area contributed by atoms with Crippen molar-refractivity contribution in [3.05, 3.63) is 30.4 Å². The zero-order valence-electron chi connectivity index (χ0n) is 7.12. The monoisotopic (exact) mass is 150 g/mol. The van der Waals surface area contributed by atoms with E-state index in [2.05, 4.69) is 28.6 Å². The van der Waals surface area contributed by atoms with E-state index >= 15 is 0 Å². The lowest BCUT2D eigenvalue weighted by atomic mass is 10.4. The van der Waals surface area contributed by atoms with Crippen LogP contribution in [0.15, 0.2) is 24.5 Å². The van der Waals surface area contributed by atoms with Gasteiger partial charge in [-0.1, -0.05) is 19.1 Å². The van der Waals surface area contributed by atoms with Crippen molar-refractivity contribution in [2.45, 2.75) is 26.8 Å². The maximum absolute atomic E-state index is 4.22. The van der Waals surface area contributed by atoms with Crippen LogP contribution < -0.4 is 0 Å². The van der Waals surface area contributed by atoms with E-state index in [4.69, 9.17) is 0 Å². The van der Waals surface area contributed by atoms with Crippen molar-refractivity contribution in [1.82, 2.24) is 9.55 Å². The Morgan fingerprint density at radius 2 is 2.45 bits per heavy atom. The highest BCUT2D eigenvalue weighted by molar-refractivity contribution is 4.94. The van der Waals surface area contributed by atoms with Gasteiger partial charge in [-0.2, -0.15) is 0 Å². The van der Waals surface area contributed by atoms with Gasteiger partial charge in [-0.25, -0.2) is 4.98 Å². The second-order valence-corrected chi connectivity index (χ2v) is 2.42. The van der Waals surface area contributed by atoms with E-state index < -0.39 is 0 Å². The maximum Gasteiger partial charge on any atom is 0.108 e. The Hall–Kier alpha value is -1.05. The van der Waals surface area contributed by atoms with Crippen molar-refractivity contribution in [1.29, 1.82) is 0 Å². The van der Waals surface area contributed by atoms with Crippen LogP contribution in [0, 0.1) is 0 Å². The van der Waals surface area contributed by atoms with Gasteiger partial charge in [-0.3, -0.25) is 0 Å². The van der Waals surface area contributed by atoms with Crippen molar-refractivity contribution < 1.29 is 0 Å². The number of nitrogens with zero attached hydrogens (tertiary/aromatic N) is 2. The van der Waals surface area contributed by atoms with Gasteiger partial charge in [0.05, 0.1) is 0 Å². The van der Waals surface area contributed by atoms with E-state index in [9.17, 15) is 0 Å². The van der Waals surface area contributed by atoms with Crippen LogP contribution in [-0.2, 0) is 13.0 Å². The highest BCUT2D eigenvalue weighted by Crippen LogP contribution is 1.98. The Balaban J connectivity index is 2.68. The molecule has 0 aliphatic rings. The topological polar surface area (TPSA) is 17.8 Å². The summed E-state index contributed by atoms with van der Waals surface area (Å²) in [6, 6.07) is 0. The third-order valence-corrected chi connectivity index (χ3v) is 1.66. The average Bonchev–Trinajstić information content (AvgIpc) is 2.47. The lowest BCUT2D eigenvalue weighted by Crippen LogP contribution is -1.99. The average molecular weight is 150 g/mol. The second-order valence-electron chi connectivity index (χ2n) is 2.42. The third-order valence-electron chi connectivity index (χ3n) is 1.66. The number of imidazole rings is 1. The van der Waals surface area contributed by atoms with E-state index in [1.54, 1.807) is 0 Å². The normalized spacial score (nSPS) is 11.1. The van der Waals surface area contributed by atoms with Crippen molar-refractivity contribution in [2.75, 3.05) is 0 Å². The Labute approximate surface area is 67.6 Å². The molecule has 0 aliphatic heterocycles. The molecule has 0 atom stereocenters. The zero-order valence-corrected chi connectivity index (χ0v) is 7.12. The SMILES string of the molecule is CC=CCn1ccnc1CC. The van der Waals surface area contributed by atoms with Gasteiger partial charge in [0.15, 0.2) is 0 Å². The molecule has 0 aromatic carbocycles. The molecular weight excluding hydrogens is 136 g/mol. The smallest absolute Gasteiger partial charge is 0.108 e. The van der Waals surface area contributed by atoms with Gasteiger partial charge in [0.25, 0.3) is 0 Å². The van der Waals surface area contributed by atoms with Crippen LogP contribution in [0.25, 0.3) is 0 Å². The zero-order chi connectivity index (χ0) is 8.10. The van der Waals surface area contributed by atoms with Crippen LogP contribution in [0.4, 0.5) is 0 Å². The van der Waals surface area contributed by atoms with Gasteiger partial charge < -0.3 is 4.57 Å². The first-order chi connectivity index (χ1) is 5.38. The molecule has 60 valence electrons. The van der Waals surface area contributed by atoms with Crippen LogP contribution >= 0.6 is 0 Å². The van der Waals surface area contributed by atoms with Gasteiger partial charge in [0.1, 0.15) is 5.82 Å². The molecule has 1 heterocycles. The van der Waals surface area contributed by atoms with Gasteiger partial charge in [0.2, 0.25) is 0 Å². The number of aromatic nitrogens is 2. The molecule has 0 aliphatic carbocycles. The molecule has 0 saturated heterocycles. The summed E-state index contributed by atoms with van der Waals surface area (Å²) in [5.41, 5.74) is 0. The molecule has 2 heteroatoms. The molecule has 1 aromatic rings. The first-order valence-electron chi connectivity index (χ1n) is 3.99. The van der Waals surface area contributed by atoms with E-state index in [1.165, 1.54) is 0 Å². The second kappa shape index (κ2) is 3.96. The molecule has 0 amide bonds. The molecule has 0 radical (unpaired) electrons. The fraction of sp³-hybridized carbons (Fsp3) is 0.444. The van der Waals surface area contributed by atoms with E-state index in [1.807, 2.05) is 19.3 Å². The standard InChI is InChI=1S/C9H14N2/c1-3-5-7-11-8-6-10-9(11)4-2/h3,5-6,8H,4,7H2,1-2H3. The largest absolute Gasteiger partial charge is 0.331 e. The van der Waals surface area contributed by atoms with Crippen LogP contribution in [0.5, 0.6) is 0 Å². The fourth-order valence-electron chi connectivity index (χ4n) is 1.04. The quantitative estimate of drug-likeness (QED) is 0.603. The van der Waals surface area contributed by atoms with Crippen molar-refractivity contribution in [2.24, 2.45) is 0 Å². The number of allylic oxidation sites excluding steroid dienone is 2. The molecule has 0 unspecified atom stereocenters. The fourth-order valence-corrected chi connectivity index (χ4v) is 1.04. The molecule has 0 saturated carbocycles. The summed E-state index contributed by atoms with van der Waals surface area (Å²) >= 11 is 0. The van der Waals surface area contributed by atoms with Crippen LogP contribution in [0.3, 0.4) is 0 Å². The molecule has 1 rings (SSSR count). The predicted octanol–water partition coefficient (Wildman–Crippen LogP) is 2.02. The van der Waals surface area contributed by atoms with Crippen LogP contribution in [-0.4, -0.2) is 9.55 Å². The molecule has 2 nitrogen and oxygen atoms in total. The minimum absolute atomic E-state index is 0.944. The summed E-state index contributed by atoms with van der Waals surface area (Å²) in [5.74, 6) is 1.16. The van der Waals surface area contributed by atoms with Crippen molar-refractivity contribution in [3.63, 3.8) is 0 Å². The summed E-state index contributed by atoms with van der Waals surface area (Å²) in [7, 11) is 0. The molecule has 0 bridgehead atoms. The Bertz CT molecular complexity index is 235. The van der Waals surface area contributed by atoms with Crippen molar-refractivity contribution >= 4 is 0 Å². The highest BCUT2D eigenvalue weighted by atomic mass is 15.0. The summed E-state index contributed by atoms with van der Waals surface area (Å²) in [6.45, 7) is 5.09. The van der Waals surface area contributed by atoms with Gasteiger partial charge in [-0.15, -0.1) is 0 Å².